The normalized spacial score (nSPS) is 38.0. The fourth-order valence-corrected chi connectivity index (χ4v) is 4.48. The summed E-state index contributed by atoms with van der Waals surface area (Å²) in [5, 5.41) is 0. The van der Waals surface area contributed by atoms with Crippen LogP contribution in [0, 0.1) is 0 Å². The zero-order chi connectivity index (χ0) is 15.6. The van der Waals surface area contributed by atoms with E-state index >= 15 is 0 Å². The number of carbonyl (C=O) groups excluding carboxylic acids is 2. The Labute approximate surface area is 122 Å². The van der Waals surface area contributed by atoms with Crippen molar-refractivity contribution in [2.75, 3.05) is 19.4 Å². The summed E-state index contributed by atoms with van der Waals surface area (Å²) in [4.78, 5) is 22.1. The number of hydrogen-bond acceptors (Lipinski definition) is 8. The van der Waals surface area contributed by atoms with Gasteiger partial charge in [-0.2, -0.15) is 0 Å². The molecule has 0 aromatic heterocycles. The fourth-order valence-electron chi connectivity index (χ4n) is 2.47. The quantitative estimate of drug-likeness (QED) is 0.543. The number of rotatable bonds is 5. The standard InChI is InChI=1S/C12H19O8P/c1-4-17-21(15)6-10-12(20-21)11(18-8(3)14)9(19-10)5-16-7(2)13/h9-12H,4-6H2,1-3H3/t9-,10+,11-,12-,21?/m1/s1. The molecule has 0 spiro atoms. The molecule has 0 amide bonds. The Hall–Kier alpha value is -0.950. The average molecular weight is 322 g/mol. The molecule has 0 saturated carbocycles. The lowest BCUT2D eigenvalue weighted by Crippen LogP contribution is -2.38. The molecule has 8 nitrogen and oxygen atoms in total. The lowest BCUT2D eigenvalue weighted by atomic mass is 10.1. The highest BCUT2D eigenvalue weighted by Gasteiger charge is 2.57. The molecule has 0 bridgehead atoms. The Bertz CT molecular complexity index is 464. The number of fused-ring (bicyclic) bond motifs is 1. The Morgan fingerprint density at radius 1 is 1.29 bits per heavy atom. The summed E-state index contributed by atoms with van der Waals surface area (Å²) < 4.78 is 38.6. The molecule has 0 aliphatic carbocycles. The highest BCUT2D eigenvalue weighted by molar-refractivity contribution is 7.54. The molecule has 21 heavy (non-hydrogen) atoms. The third-order valence-corrected chi connectivity index (χ3v) is 5.19. The lowest BCUT2D eigenvalue weighted by Gasteiger charge is -2.22. The van der Waals surface area contributed by atoms with Gasteiger partial charge in [0.2, 0.25) is 0 Å². The van der Waals surface area contributed by atoms with Crippen LogP contribution in [0.15, 0.2) is 0 Å². The van der Waals surface area contributed by atoms with Gasteiger partial charge in [-0.25, -0.2) is 0 Å². The van der Waals surface area contributed by atoms with Gasteiger partial charge < -0.3 is 18.7 Å². The van der Waals surface area contributed by atoms with E-state index in [0.717, 1.165) is 0 Å². The molecule has 2 heterocycles. The van der Waals surface area contributed by atoms with Crippen LogP contribution in [0.5, 0.6) is 0 Å². The van der Waals surface area contributed by atoms with Crippen molar-refractivity contribution in [3.8, 4) is 0 Å². The molecule has 9 heteroatoms. The maximum Gasteiger partial charge on any atom is 0.333 e. The van der Waals surface area contributed by atoms with Gasteiger partial charge in [-0.15, -0.1) is 0 Å². The van der Waals surface area contributed by atoms with E-state index in [4.69, 9.17) is 23.3 Å². The summed E-state index contributed by atoms with van der Waals surface area (Å²) in [7, 11) is -3.22. The molecule has 0 N–H and O–H groups in total. The van der Waals surface area contributed by atoms with Gasteiger partial charge in [0.15, 0.2) is 6.10 Å². The minimum Gasteiger partial charge on any atom is -0.463 e. The average Bonchev–Trinajstić information content (AvgIpc) is 2.82. The smallest absolute Gasteiger partial charge is 0.333 e. The SMILES string of the molecule is CCOP1(=O)C[C@@H]2O[C@H](COC(C)=O)[C@@H](OC(C)=O)[C@@H]2O1. The van der Waals surface area contributed by atoms with Crippen LogP contribution in [0.4, 0.5) is 0 Å². The summed E-state index contributed by atoms with van der Waals surface area (Å²) >= 11 is 0. The summed E-state index contributed by atoms with van der Waals surface area (Å²) in [6.45, 7) is 4.45. The second kappa shape index (κ2) is 6.44. The van der Waals surface area contributed by atoms with Crippen LogP contribution in [0.2, 0.25) is 0 Å². The van der Waals surface area contributed by atoms with Crippen LogP contribution >= 0.6 is 7.60 Å². The topological polar surface area (TPSA) is 97.4 Å². The molecule has 2 aliphatic heterocycles. The first kappa shape index (κ1) is 16.4. The highest BCUT2D eigenvalue weighted by atomic mass is 31.2. The van der Waals surface area contributed by atoms with Gasteiger partial charge in [-0.05, 0) is 6.92 Å². The van der Waals surface area contributed by atoms with Gasteiger partial charge in [0.05, 0.1) is 12.8 Å². The van der Waals surface area contributed by atoms with Gasteiger partial charge in [-0.1, -0.05) is 0 Å². The van der Waals surface area contributed by atoms with Crippen LogP contribution in [0.25, 0.3) is 0 Å². The van der Waals surface area contributed by atoms with Crippen molar-refractivity contribution in [3.05, 3.63) is 0 Å². The Balaban J connectivity index is 2.07. The number of esters is 2. The largest absolute Gasteiger partial charge is 0.463 e. The predicted octanol–water partition coefficient (Wildman–Crippen LogP) is 0.877. The van der Waals surface area contributed by atoms with Crippen molar-refractivity contribution in [1.82, 2.24) is 0 Å². The first-order valence-electron chi connectivity index (χ1n) is 6.72. The predicted molar refractivity (Wildman–Crippen MR) is 69.8 cm³/mol. The van der Waals surface area contributed by atoms with E-state index in [2.05, 4.69) is 0 Å². The maximum atomic E-state index is 12.3. The van der Waals surface area contributed by atoms with Gasteiger partial charge in [0.1, 0.15) is 24.9 Å². The maximum absolute atomic E-state index is 12.3. The van der Waals surface area contributed by atoms with E-state index in [1.807, 2.05) is 0 Å². The van der Waals surface area contributed by atoms with Crippen molar-refractivity contribution >= 4 is 19.5 Å². The number of ether oxygens (including phenoxy) is 3. The summed E-state index contributed by atoms with van der Waals surface area (Å²) in [5.74, 6) is -0.975. The van der Waals surface area contributed by atoms with Crippen molar-refractivity contribution in [3.63, 3.8) is 0 Å². The lowest BCUT2D eigenvalue weighted by molar-refractivity contribution is -0.157. The summed E-state index contributed by atoms with van der Waals surface area (Å²) in [6, 6.07) is 0. The Morgan fingerprint density at radius 2 is 2.00 bits per heavy atom. The number of carbonyl (C=O) groups is 2. The van der Waals surface area contributed by atoms with E-state index in [1.54, 1.807) is 6.92 Å². The summed E-state index contributed by atoms with van der Waals surface area (Å²) in [5.41, 5.74) is 0. The zero-order valence-electron chi connectivity index (χ0n) is 12.1. The van der Waals surface area contributed by atoms with Gasteiger partial charge in [0, 0.05) is 13.8 Å². The molecular weight excluding hydrogens is 303 g/mol. The third-order valence-electron chi connectivity index (χ3n) is 3.17. The summed E-state index contributed by atoms with van der Waals surface area (Å²) in [6.07, 6.45) is -2.50. The van der Waals surface area contributed by atoms with E-state index in [-0.39, 0.29) is 19.4 Å². The monoisotopic (exact) mass is 322 g/mol. The Morgan fingerprint density at radius 3 is 2.57 bits per heavy atom. The number of hydrogen-bond donors (Lipinski definition) is 0. The fraction of sp³-hybridized carbons (Fsp3) is 0.833. The van der Waals surface area contributed by atoms with Gasteiger partial charge in [0.25, 0.3) is 0 Å². The van der Waals surface area contributed by atoms with Crippen LogP contribution < -0.4 is 0 Å². The van der Waals surface area contributed by atoms with Crippen LogP contribution in [-0.4, -0.2) is 55.7 Å². The van der Waals surface area contributed by atoms with Crippen molar-refractivity contribution in [2.24, 2.45) is 0 Å². The van der Waals surface area contributed by atoms with E-state index in [9.17, 15) is 14.2 Å². The minimum absolute atomic E-state index is 0.0530. The molecule has 2 fully saturated rings. The van der Waals surface area contributed by atoms with Crippen LogP contribution in [0.1, 0.15) is 20.8 Å². The second-order valence-corrected chi connectivity index (χ2v) is 6.93. The van der Waals surface area contributed by atoms with Crippen molar-refractivity contribution < 1.29 is 37.4 Å². The first-order chi connectivity index (χ1) is 9.84. The minimum atomic E-state index is -3.22. The highest BCUT2D eigenvalue weighted by Crippen LogP contribution is 2.58. The molecular formula is C12H19O8P. The molecule has 0 radical (unpaired) electrons. The van der Waals surface area contributed by atoms with E-state index < -0.39 is 44.0 Å². The zero-order valence-corrected chi connectivity index (χ0v) is 13.0. The molecule has 0 aromatic rings. The molecule has 1 unspecified atom stereocenters. The van der Waals surface area contributed by atoms with E-state index in [1.165, 1.54) is 13.8 Å². The van der Waals surface area contributed by atoms with Crippen LogP contribution in [0.3, 0.4) is 0 Å². The first-order valence-corrected chi connectivity index (χ1v) is 8.45. The molecule has 2 aliphatic rings. The second-order valence-electron chi connectivity index (χ2n) is 4.87. The van der Waals surface area contributed by atoms with Crippen molar-refractivity contribution in [2.45, 2.75) is 45.2 Å². The third kappa shape index (κ3) is 3.83. The molecule has 2 rings (SSSR count). The van der Waals surface area contributed by atoms with E-state index in [0.29, 0.717) is 0 Å². The van der Waals surface area contributed by atoms with Gasteiger partial charge >= 0.3 is 19.5 Å². The Kier molecular flexibility index (Phi) is 5.03. The van der Waals surface area contributed by atoms with Crippen molar-refractivity contribution in [1.29, 1.82) is 0 Å². The molecule has 5 atom stereocenters. The van der Waals surface area contributed by atoms with Gasteiger partial charge in [-0.3, -0.25) is 18.7 Å². The molecule has 2 saturated heterocycles. The van der Waals surface area contributed by atoms with Crippen LogP contribution in [-0.2, 0) is 37.4 Å². The molecule has 120 valence electrons. The molecule has 0 aromatic carbocycles.